The molecule has 11 heteroatoms. The zero-order valence-electron chi connectivity index (χ0n) is 25.7. The number of hydrogen-bond acceptors (Lipinski definition) is 7. The van der Waals surface area contributed by atoms with Crippen LogP contribution in [0.1, 0.15) is 59.2 Å². The minimum atomic E-state index is -2.23. The first kappa shape index (κ1) is 30.1. The summed E-state index contributed by atoms with van der Waals surface area (Å²) >= 11 is 0. The van der Waals surface area contributed by atoms with E-state index in [0.717, 1.165) is 11.4 Å². The number of aryl methyl sites for hydroxylation is 2. The van der Waals surface area contributed by atoms with Crippen molar-refractivity contribution in [3.63, 3.8) is 0 Å². The first-order valence-corrected chi connectivity index (χ1v) is 19.7. The SMILES string of the molecule is Cc1ccc(C)n1-c1ncnc2c1ncn2[C@@H]1O[C@H](CO[Si](C)(C)C(C)(C)C)[C@@H](O[Si](C)(C)C(C)(C)C)[C@H]1O. The number of hydrogen-bond donors (Lipinski definition) is 1. The van der Waals surface area contributed by atoms with Crippen LogP contribution < -0.4 is 0 Å². The lowest BCUT2D eigenvalue weighted by atomic mass is 10.1. The van der Waals surface area contributed by atoms with E-state index in [4.69, 9.17) is 13.6 Å². The van der Waals surface area contributed by atoms with Gasteiger partial charge in [-0.05, 0) is 62.2 Å². The van der Waals surface area contributed by atoms with Gasteiger partial charge < -0.3 is 23.3 Å². The normalized spacial score (nSPS) is 23.2. The molecule has 0 saturated carbocycles. The van der Waals surface area contributed by atoms with E-state index in [1.165, 1.54) is 6.33 Å². The van der Waals surface area contributed by atoms with Crippen LogP contribution >= 0.6 is 0 Å². The molecule has 0 radical (unpaired) electrons. The third-order valence-electron chi connectivity index (χ3n) is 9.06. The second-order valence-electron chi connectivity index (χ2n) is 13.9. The van der Waals surface area contributed by atoms with Crippen molar-refractivity contribution in [3.8, 4) is 5.82 Å². The Morgan fingerprint density at radius 2 is 1.51 bits per heavy atom. The lowest BCUT2D eigenvalue weighted by Gasteiger charge is -2.41. The summed E-state index contributed by atoms with van der Waals surface area (Å²) in [5.74, 6) is 0.707. The molecule has 4 rings (SSSR count). The quantitative estimate of drug-likeness (QED) is 0.351. The van der Waals surface area contributed by atoms with Crippen molar-refractivity contribution >= 4 is 27.8 Å². The average molecular weight is 574 g/mol. The fourth-order valence-electron chi connectivity index (χ4n) is 4.44. The Kier molecular flexibility index (Phi) is 7.85. The second kappa shape index (κ2) is 10.2. The summed E-state index contributed by atoms with van der Waals surface area (Å²) in [5, 5.41) is 11.8. The van der Waals surface area contributed by atoms with Crippen molar-refractivity contribution in [1.82, 2.24) is 24.1 Å². The molecule has 1 N–H and O–H groups in total. The molecule has 4 heterocycles. The van der Waals surface area contributed by atoms with Crippen LogP contribution in [0.5, 0.6) is 0 Å². The largest absolute Gasteiger partial charge is 0.414 e. The standard InChI is InChI=1S/C28H47N5O4Si2/c1-18-13-14-19(2)33(18)25-21-24(29-16-30-25)32(17-31-21)26-22(34)23(37-39(11,12)28(6,7)8)20(36-26)15-35-38(9,10)27(3,4)5/h13-14,16-17,20,22-23,26,34H,15H2,1-12H3/t20-,22-,23-,26-/m1/s1. The molecular weight excluding hydrogens is 527 g/mol. The van der Waals surface area contributed by atoms with Crippen molar-refractivity contribution in [2.24, 2.45) is 0 Å². The highest BCUT2D eigenvalue weighted by Crippen LogP contribution is 2.43. The molecule has 0 unspecified atom stereocenters. The number of fused-ring (bicyclic) bond motifs is 1. The Balaban J connectivity index is 1.71. The van der Waals surface area contributed by atoms with Gasteiger partial charge in [-0.3, -0.25) is 4.57 Å². The van der Waals surface area contributed by atoms with Gasteiger partial charge in [-0.2, -0.15) is 0 Å². The van der Waals surface area contributed by atoms with Crippen molar-refractivity contribution < 1.29 is 18.7 Å². The van der Waals surface area contributed by atoms with Crippen LogP contribution in [-0.2, 0) is 13.6 Å². The van der Waals surface area contributed by atoms with Crippen LogP contribution in [0.25, 0.3) is 17.0 Å². The number of aliphatic hydroxyl groups excluding tert-OH is 1. The summed E-state index contributed by atoms with van der Waals surface area (Å²) < 4.78 is 23.9. The Morgan fingerprint density at radius 1 is 0.923 bits per heavy atom. The molecular formula is C28H47N5O4Si2. The first-order chi connectivity index (χ1) is 17.9. The van der Waals surface area contributed by atoms with E-state index in [-0.39, 0.29) is 10.1 Å². The van der Waals surface area contributed by atoms with Crippen molar-refractivity contribution in [2.75, 3.05) is 6.61 Å². The molecule has 9 nitrogen and oxygen atoms in total. The minimum Gasteiger partial charge on any atom is -0.414 e. The fourth-order valence-corrected chi connectivity index (χ4v) is 6.78. The highest BCUT2D eigenvalue weighted by Gasteiger charge is 2.51. The van der Waals surface area contributed by atoms with Crippen molar-refractivity contribution in [3.05, 3.63) is 36.2 Å². The van der Waals surface area contributed by atoms with E-state index in [2.05, 4.69) is 99.4 Å². The van der Waals surface area contributed by atoms with Gasteiger partial charge in [-0.1, -0.05) is 41.5 Å². The first-order valence-electron chi connectivity index (χ1n) is 13.8. The highest BCUT2D eigenvalue weighted by molar-refractivity contribution is 6.74. The molecule has 4 atom stereocenters. The van der Waals surface area contributed by atoms with Gasteiger partial charge >= 0.3 is 0 Å². The van der Waals surface area contributed by atoms with E-state index in [0.29, 0.717) is 23.6 Å². The maximum atomic E-state index is 11.7. The third kappa shape index (κ3) is 5.53. The molecule has 1 aliphatic heterocycles. The fraction of sp³-hybridized carbons (Fsp3) is 0.679. The zero-order chi connectivity index (χ0) is 29.1. The summed E-state index contributed by atoms with van der Waals surface area (Å²) in [7, 11) is -4.28. The number of aromatic nitrogens is 5. The Labute approximate surface area is 235 Å². The Hall–Kier alpha value is -1.90. The second-order valence-corrected chi connectivity index (χ2v) is 23.5. The number of imidazole rings is 1. The molecule has 216 valence electrons. The predicted octanol–water partition coefficient (Wildman–Crippen LogP) is 5.90. The maximum absolute atomic E-state index is 11.7. The third-order valence-corrected chi connectivity index (χ3v) is 18.0. The molecule has 1 fully saturated rings. The van der Waals surface area contributed by atoms with Crippen LogP contribution in [0.4, 0.5) is 0 Å². The van der Waals surface area contributed by atoms with Crippen LogP contribution in [0.2, 0.25) is 36.3 Å². The molecule has 1 saturated heterocycles. The Bertz CT molecular complexity index is 1300. The predicted molar refractivity (Wildman–Crippen MR) is 159 cm³/mol. The minimum absolute atomic E-state index is 0.0219. The lowest BCUT2D eigenvalue weighted by molar-refractivity contribution is -0.0487. The number of ether oxygens (including phenoxy) is 1. The summed E-state index contributed by atoms with van der Waals surface area (Å²) in [6.45, 7) is 26.6. The molecule has 0 aliphatic carbocycles. The summed E-state index contributed by atoms with van der Waals surface area (Å²) in [6.07, 6.45) is 0.628. The molecule has 0 amide bonds. The van der Waals surface area contributed by atoms with Crippen molar-refractivity contribution in [2.45, 2.75) is 116 Å². The molecule has 0 aromatic carbocycles. The average Bonchev–Trinajstić information content (AvgIpc) is 3.47. The van der Waals surface area contributed by atoms with Gasteiger partial charge in [-0.15, -0.1) is 0 Å². The highest BCUT2D eigenvalue weighted by atomic mass is 28.4. The van der Waals surface area contributed by atoms with Crippen LogP contribution in [0.15, 0.2) is 24.8 Å². The van der Waals surface area contributed by atoms with Gasteiger partial charge in [0.25, 0.3) is 0 Å². The molecule has 3 aromatic heterocycles. The van der Waals surface area contributed by atoms with E-state index >= 15 is 0 Å². The van der Waals surface area contributed by atoms with E-state index < -0.39 is 41.2 Å². The molecule has 3 aromatic rings. The van der Waals surface area contributed by atoms with Gasteiger partial charge in [-0.25, -0.2) is 15.0 Å². The van der Waals surface area contributed by atoms with Crippen molar-refractivity contribution in [1.29, 1.82) is 0 Å². The zero-order valence-corrected chi connectivity index (χ0v) is 27.7. The smallest absolute Gasteiger partial charge is 0.192 e. The van der Waals surface area contributed by atoms with Crippen LogP contribution in [0, 0.1) is 13.8 Å². The number of nitrogens with zero attached hydrogens (tertiary/aromatic N) is 5. The summed E-state index contributed by atoms with van der Waals surface area (Å²) in [5.41, 5.74) is 3.38. The molecule has 0 bridgehead atoms. The van der Waals surface area contributed by atoms with Gasteiger partial charge in [0.2, 0.25) is 0 Å². The lowest BCUT2D eigenvalue weighted by Crippen LogP contribution is -2.51. The topological polar surface area (TPSA) is 96.5 Å². The number of aliphatic hydroxyl groups is 1. The molecule has 0 spiro atoms. The van der Waals surface area contributed by atoms with Gasteiger partial charge in [0.15, 0.2) is 39.8 Å². The summed E-state index contributed by atoms with van der Waals surface area (Å²) in [4.78, 5) is 13.8. The van der Waals surface area contributed by atoms with Gasteiger partial charge in [0.1, 0.15) is 24.6 Å². The van der Waals surface area contributed by atoms with Crippen LogP contribution in [0.3, 0.4) is 0 Å². The van der Waals surface area contributed by atoms with Crippen LogP contribution in [-0.4, -0.2) is 70.7 Å². The summed E-state index contributed by atoms with van der Waals surface area (Å²) in [6, 6.07) is 4.11. The van der Waals surface area contributed by atoms with E-state index in [1.807, 2.05) is 18.4 Å². The Morgan fingerprint density at radius 3 is 2.08 bits per heavy atom. The monoisotopic (exact) mass is 573 g/mol. The number of rotatable bonds is 7. The van der Waals surface area contributed by atoms with E-state index in [9.17, 15) is 5.11 Å². The molecule has 1 aliphatic rings. The molecule has 39 heavy (non-hydrogen) atoms. The maximum Gasteiger partial charge on any atom is 0.192 e. The van der Waals surface area contributed by atoms with Gasteiger partial charge in [0.05, 0.1) is 12.9 Å². The van der Waals surface area contributed by atoms with Gasteiger partial charge in [0, 0.05) is 11.4 Å². The van der Waals surface area contributed by atoms with E-state index in [1.54, 1.807) is 6.33 Å².